The van der Waals surface area contributed by atoms with Crippen molar-refractivity contribution in [1.29, 1.82) is 0 Å². The number of hydrogen-bond acceptors (Lipinski definition) is 1. The zero-order chi connectivity index (χ0) is 7.66. The van der Waals surface area contributed by atoms with Crippen LogP contribution in [0.4, 0.5) is 0 Å². The van der Waals surface area contributed by atoms with Crippen molar-refractivity contribution < 1.29 is 0 Å². The first kappa shape index (κ1) is 9.65. The molecule has 0 atom stereocenters. The average molecular weight is 154 g/mol. The van der Waals surface area contributed by atoms with Crippen molar-refractivity contribution in [2.45, 2.75) is 19.8 Å². The lowest BCUT2D eigenvalue weighted by atomic mass is 10.3. The highest BCUT2D eigenvalue weighted by atomic mass is 32.2. The summed E-state index contributed by atoms with van der Waals surface area (Å²) >= 11 is 1.90. The van der Waals surface area contributed by atoms with Gasteiger partial charge in [-0.15, -0.1) is 24.3 Å². The number of allylic oxidation sites excluding steroid dienone is 1. The first-order chi connectivity index (χ1) is 4.91. The average Bonchev–Trinajstić information content (AvgIpc) is 1.97. The molecule has 0 aliphatic heterocycles. The third-order valence-corrected chi connectivity index (χ3v) is 1.97. The Hall–Kier alpha value is -0.350. The second-order valence-electron chi connectivity index (χ2n) is 1.91. The van der Waals surface area contributed by atoms with Crippen LogP contribution in [0.15, 0.2) is 12.7 Å². The van der Waals surface area contributed by atoms with Crippen LogP contribution in [-0.2, 0) is 0 Å². The van der Waals surface area contributed by atoms with E-state index in [1.807, 2.05) is 24.8 Å². The standard InChI is InChI=1S/C9H14S/c1-3-5-7-9-10-8-6-4-2/h3H,1,5,7-9H2,2H3. The Bertz CT molecular complexity index is 127. The highest BCUT2D eigenvalue weighted by molar-refractivity contribution is 7.99. The minimum absolute atomic E-state index is 0.980. The first-order valence-electron chi connectivity index (χ1n) is 3.50. The van der Waals surface area contributed by atoms with E-state index in [1.165, 1.54) is 12.2 Å². The lowest BCUT2D eigenvalue weighted by Gasteiger charge is -1.92. The first-order valence-corrected chi connectivity index (χ1v) is 4.65. The predicted octanol–water partition coefficient (Wildman–Crippen LogP) is 2.71. The predicted molar refractivity (Wildman–Crippen MR) is 50.2 cm³/mol. The summed E-state index contributed by atoms with van der Waals surface area (Å²) in [6.45, 7) is 5.54. The molecule has 0 N–H and O–H groups in total. The van der Waals surface area contributed by atoms with Gasteiger partial charge >= 0.3 is 0 Å². The molecule has 0 aliphatic carbocycles. The van der Waals surface area contributed by atoms with Crippen LogP contribution in [0.1, 0.15) is 19.8 Å². The molecule has 0 nitrogen and oxygen atoms in total. The Morgan fingerprint density at radius 3 is 3.00 bits per heavy atom. The minimum Gasteiger partial charge on any atom is -0.149 e. The SMILES string of the molecule is C=CCCCSCC#CC. The van der Waals surface area contributed by atoms with Gasteiger partial charge in [-0.05, 0) is 25.5 Å². The van der Waals surface area contributed by atoms with E-state index in [9.17, 15) is 0 Å². The fraction of sp³-hybridized carbons (Fsp3) is 0.556. The Balaban J connectivity index is 2.88. The lowest BCUT2D eigenvalue weighted by Crippen LogP contribution is -1.79. The van der Waals surface area contributed by atoms with Crippen LogP contribution in [-0.4, -0.2) is 11.5 Å². The van der Waals surface area contributed by atoms with Crippen molar-refractivity contribution in [2.75, 3.05) is 11.5 Å². The van der Waals surface area contributed by atoms with Gasteiger partial charge in [-0.3, -0.25) is 0 Å². The van der Waals surface area contributed by atoms with Gasteiger partial charge in [-0.1, -0.05) is 12.0 Å². The number of thioether (sulfide) groups is 1. The summed E-state index contributed by atoms with van der Waals surface area (Å²) in [6.07, 6.45) is 4.33. The van der Waals surface area contributed by atoms with Crippen LogP contribution in [0.5, 0.6) is 0 Å². The molecule has 0 fully saturated rings. The maximum Gasteiger partial charge on any atom is 0.0547 e. The summed E-state index contributed by atoms with van der Waals surface area (Å²) in [6, 6.07) is 0. The van der Waals surface area contributed by atoms with Crippen molar-refractivity contribution in [1.82, 2.24) is 0 Å². The van der Waals surface area contributed by atoms with E-state index < -0.39 is 0 Å². The smallest absolute Gasteiger partial charge is 0.0547 e. The molecule has 1 heteroatoms. The molecule has 0 unspecified atom stereocenters. The second kappa shape index (κ2) is 8.65. The summed E-state index contributed by atoms with van der Waals surface area (Å²) in [5.74, 6) is 8.07. The maximum atomic E-state index is 3.66. The summed E-state index contributed by atoms with van der Waals surface area (Å²) in [5.41, 5.74) is 0. The highest BCUT2D eigenvalue weighted by Crippen LogP contribution is 2.02. The van der Waals surface area contributed by atoms with Gasteiger partial charge in [-0.2, -0.15) is 0 Å². The molecular weight excluding hydrogens is 140 g/mol. The molecule has 0 bridgehead atoms. The van der Waals surface area contributed by atoms with Gasteiger partial charge in [0.15, 0.2) is 0 Å². The minimum atomic E-state index is 0.980. The van der Waals surface area contributed by atoms with Gasteiger partial charge in [0, 0.05) is 0 Å². The highest BCUT2D eigenvalue weighted by Gasteiger charge is 1.83. The van der Waals surface area contributed by atoms with Gasteiger partial charge in [0.1, 0.15) is 0 Å². The van der Waals surface area contributed by atoms with E-state index in [1.54, 1.807) is 0 Å². The van der Waals surface area contributed by atoms with Crippen LogP contribution in [0.25, 0.3) is 0 Å². The van der Waals surface area contributed by atoms with E-state index in [0.29, 0.717) is 0 Å². The Morgan fingerprint density at radius 1 is 1.60 bits per heavy atom. The van der Waals surface area contributed by atoms with Crippen molar-refractivity contribution in [2.24, 2.45) is 0 Å². The Morgan fingerprint density at radius 2 is 2.40 bits per heavy atom. The summed E-state index contributed by atoms with van der Waals surface area (Å²) in [7, 11) is 0. The third kappa shape index (κ3) is 7.65. The molecule has 0 saturated heterocycles. The van der Waals surface area contributed by atoms with Gasteiger partial charge in [0.2, 0.25) is 0 Å². The van der Waals surface area contributed by atoms with Crippen LogP contribution in [0.2, 0.25) is 0 Å². The molecular formula is C9H14S. The molecule has 0 aromatic carbocycles. The van der Waals surface area contributed by atoms with Crippen LogP contribution in [0, 0.1) is 11.8 Å². The van der Waals surface area contributed by atoms with Gasteiger partial charge in [-0.25, -0.2) is 0 Å². The molecule has 10 heavy (non-hydrogen) atoms. The van der Waals surface area contributed by atoms with E-state index in [0.717, 1.165) is 12.2 Å². The largest absolute Gasteiger partial charge is 0.149 e. The molecule has 0 aromatic rings. The zero-order valence-electron chi connectivity index (χ0n) is 6.52. The summed E-state index contributed by atoms with van der Waals surface area (Å²) in [5, 5.41) is 0. The fourth-order valence-corrected chi connectivity index (χ4v) is 1.29. The van der Waals surface area contributed by atoms with E-state index >= 15 is 0 Å². The molecule has 0 aromatic heterocycles. The van der Waals surface area contributed by atoms with E-state index in [2.05, 4.69) is 18.4 Å². The monoisotopic (exact) mass is 154 g/mol. The van der Waals surface area contributed by atoms with Crippen molar-refractivity contribution in [3.8, 4) is 11.8 Å². The molecule has 0 heterocycles. The number of hydrogen-bond donors (Lipinski definition) is 0. The molecule has 0 rings (SSSR count). The summed E-state index contributed by atoms with van der Waals surface area (Å²) in [4.78, 5) is 0. The van der Waals surface area contributed by atoms with Crippen LogP contribution < -0.4 is 0 Å². The Labute approximate surface area is 68.1 Å². The topological polar surface area (TPSA) is 0 Å². The van der Waals surface area contributed by atoms with Crippen molar-refractivity contribution >= 4 is 11.8 Å². The number of rotatable bonds is 5. The second-order valence-corrected chi connectivity index (χ2v) is 3.02. The van der Waals surface area contributed by atoms with Crippen LogP contribution in [0.3, 0.4) is 0 Å². The number of unbranched alkanes of at least 4 members (excludes halogenated alkanes) is 1. The molecule has 56 valence electrons. The maximum absolute atomic E-state index is 3.66. The molecule has 0 amide bonds. The third-order valence-electron chi connectivity index (χ3n) is 1.05. The van der Waals surface area contributed by atoms with E-state index in [4.69, 9.17) is 0 Å². The quantitative estimate of drug-likeness (QED) is 0.333. The zero-order valence-corrected chi connectivity index (χ0v) is 7.34. The van der Waals surface area contributed by atoms with Gasteiger partial charge in [0.05, 0.1) is 5.75 Å². The molecule has 0 saturated carbocycles. The lowest BCUT2D eigenvalue weighted by molar-refractivity contribution is 0.975. The van der Waals surface area contributed by atoms with E-state index in [-0.39, 0.29) is 0 Å². The molecule has 0 aliphatic rings. The molecule has 0 spiro atoms. The van der Waals surface area contributed by atoms with Gasteiger partial charge < -0.3 is 0 Å². The Kier molecular flexibility index (Phi) is 8.35. The summed E-state index contributed by atoms with van der Waals surface area (Å²) < 4.78 is 0. The van der Waals surface area contributed by atoms with Crippen molar-refractivity contribution in [3.05, 3.63) is 12.7 Å². The normalized spacial score (nSPS) is 8.10. The fourth-order valence-electron chi connectivity index (χ4n) is 0.525. The molecule has 0 radical (unpaired) electrons. The van der Waals surface area contributed by atoms with Crippen molar-refractivity contribution in [3.63, 3.8) is 0 Å². The van der Waals surface area contributed by atoms with Gasteiger partial charge in [0.25, 0.3) is 0 Å². The van der Waals surface area contributed by atoms with Crippen LogP contribution >= 0.6 is 11.8 Å².